The van der Waals surface area contributed by atoms with E-state index in [0.717, 1.165) is 6.42 Å². The van der Waals surface area contributed by atoms with Gasteiger partial charge in [0.15, 0.2) is 0 Å². The maximum Gasteiger partial charge on any atom is 0.117 e. The molecule has 2 heteroatoms. The molecule has 0 aliphatic heterocycles. The second kappa shape index (κ2) is 9.90. The van der Waals surface area contributed by atoms with Crippen LogP contribution >= 0.6 is 0 Å². The highest BCUT2D eigenvalue weighted by atomic mass is 16.7. The summed E-state index contributed by atoms with van der Waals surface area (Å²) in [7, 11) is 6.27. The average Bonchev–Trinajstić information content (AvgIpc) is 2.24. The van der Waals surface area contributed by atoms with E-state index < -0.39 is 0 Å². The minimum absolute atomic E-state index is 0.436. The summed E-state index contributed by atoms with van der Waals surface area (Å²) in [6.07, 6.45) is 12.5. The molecule has 0 rings (SSSR count). The summed E-state index contributed by atoms with van der Waals surface area (Å²) in [5, 5.41) is 0. The predicted molar refractivity (Wildman–Crippen MR) is 75.8 cm³/mol. The van der Waals surface area contributed by atoms with Gasteiger partial charge in [0.1, 0.15) is 6.10 Å². The van der Waals surface area contributed by atoms with Gasteiger partial charge in [-0.05, 0) is 12.8 Å². The Morgan fingerprint density at radius 3 is 1.82 bits per heavy atom. The highest BCUT2D eigenvalue weighted by Crippen LogP contribution is 2.14. The topological polar surface area (TPSA) is 9.23 Å². The van der Waals surface area contributed by atoms with Gasteiger partial charge in [0, 0.05) is 0 Å². The fourth-order valence-corrected chi connectivity index (χ4v) is 2.11. The van der Waals surface area contributed by atoms with Crippen molar-refractivity contribution in [3.05, 3.63) is 0 Å². The number of rotatable bonds is 11. The second-order valence-electron chi connectivity index (χ2n) is 5.94. The molecule has 2 nitrogen and oxygen atoms in total. The molecule has 0 aromatic rings. The Morgan fingerprint density at radius 1 is 0.824 bits per heavy atom. The zero-order valence-corrected chi connectivity index (χ0v) is 12.8. The summed E-state index contributed by atoms with van der Waals surface area (Å²) in [6.45, 7) is 4.50. The van der Waals surface area contributed by atoms with Gasteiger partial charge >= 0.3 is 0 Å². The highest BCUT2D eigenvalue weighted by Gasteiger charge is 2.16. The van der Waals surface area contributed by atoms with Crippen LogP contribution in [-0.2, 0) is 4.84 Å². The molecule has 0 N–H and O–H groups in total. The van der Waals surface area contributed by atoms with Crippen LogP contribution < -0.4 is 0 Å². The van der Waals surface area contributed by atoms with Crippen LogP contribution in [0.25, 0.3) is 0 Å². The lowest BCUT2D eigenvalue weighted by molar-refractivity contribution is -1.07. The molecule has 104 valence electrons. The molecule has 0 heterocycles. The van der Waals surface area contributed by atoms with Crippen molar-refractivity contribution in [2.75, 3.05) is 21.1 Å². The first-order valence-corrected chi connectivity index (χ1v) is 7.49. The fraction of sp³-hybridized carbons (Fsp3) is 1.00. The molecular weight excluding hydrogens is 210 g/mol. The monoisotopic (exact) mass is 244 g/mol. The van der Waals surface area contributed by atoms with Gasteiger partial charge < -0.3 is 0 Å². The SMILES string of the molecule is CCCCCCCCCC(CC)O[N+](C)(C)C. The molecule has 0 aliphatic rings. The smallest absolute Gasteiger partial charge is 0.117 e. The zero-order chi connectivity index (χ0) is 13.1. The average molecular weight is 244 g/mol. The number of hydrogen-bond acceptors (Lipinski definition) is 1. The van der Waals surface area contributed by atoms with Gasteiger partial charge in [0.05, 0.1) is 21.1 Å². The quantitative estimate of drug-likeness (QED) is 0.294. The molecule has 0 aliphatic carbocycles. The molecule has 0 fully saturated rings. The van der Waals surface area contributed by atoms with Crippen LogP contribution in [0.2, 0.25) is 0 Å². The molecule has 17 heavy (non-hydrogen) atoms. The first-order valence-electron chi connectivity index (χ1n) is 7.49. The third kappa shape index (κ3) is 12.2. The summed E-state index contributed by atoms with van der Waals surface area (Å²) in [5.41, 5.74) is 0. The molecule has 0 spiro atoms. The summed E-state index contributed by atoms with van der Waals surface area (Å²) >= 11 is 0. The lowest BCUT2D eigenvalue weighted by Crippen LogP contribution is -2.38. The van der Waals surface area contributed by atoms with Crippen molar-refractivity contribution < 1.29 is 9.48 Å². The van der Waals surface area contributed by atoms with Crippen LogP contribution in [0.5, 0.6) is 0 Å². The molecule has 0 aromatic carbocycles. The first-order chi connectivity index (χ1) is 7.99. The van der Waals surface area contributed by atoms with Gasteiger partial charge in [-0.1, -0.05) is 58.8 Å². The molecule has 0 bridgehead atoms. The fourth-order valence-electron chi connectivity index (χ4n) is 2.11. The van der Waals surface area contributed by atoms with E-state index in [2.05, 4.69) is 35.0 Å². The highest BCUT2D eigenvalue weighted by molar-refractivity contribution is 4.54. The van der Waals surface area contributed by atoms with Crippen molar-refractivity contribution in [1.29, 1.82) is 0 Å². The number of hydrogen-bond donors (Lipinski definition) is 0. The Bertz CT molecular complexity index is 163. The van der Waals surface area contributed by atoms with Crippen LogP contribution in [0.15, 0.2) is 0 Å². The number of nitrogens with zero attached hydrogens (tertiary/aromatic N) is 1. The van der Waals surface area contributed by atoms with Gasteiger partial charge in [0.25, 0.3) is 0 Å². The van der Waals surface area contributed by atoms with Crippen molar-refractivity contribution in [3.63, 3.8) is 0 Å². The van der Waals surface area contributed by atoms with Gasteiger partial charge in [-0.2, -0.15) is 4.65 Å². The molecule has 0 aromatic heterocycles. The zero-order valence-electron chi connectivity index (χ0n) is 12.8. The number of unbranched alkanes of at least 4 members (excludes halogenated alkanes) is 6. The van der Waals surface area contributed by atoms with E-state index in [1.54, 1.807) is 0 Å². The van der Waals surface area contributed by atoms with Crippen LogP contribution in [0.1, 0.15) is 71.6 Å². The van der Waals surface area contributed by atoms with Crippen LogP contribution in [0.3, 0.4) is 0 Å². The minimum atomic E-state index is 0.436. The summed E-state index contributed by atoms with van der Waals surface area (Å²) in [5.74, 6) is 0. The summed E-state index contributed by atoms with van der Waals surface area (Å²) in [4.78, 5) is 5.97. The van der Waals surface area contributed by atoms with Crippen LogP contribution in [0, 0.1) is 0 Å². The van der Waals surface area contributed by atoms with Crippen molar-refractivity contribution in [1.82, 2.24) is 0 Å². The molecule has 0 radical (unpaired) electrons. The van der Waals surface area contributed by atoms with Crippen LogP contribution in [-0.4, -0.2) is 31.9 Å². The molecular formula is C15H34NO+. The maximum absolute atomic E-state index is 5.97. The molecule has 0 saturated carbocycles. The largest absolute Gasteiger partial charge is 0.200 e. The first kappa shape index (κ1) is 16.9. The Hall–Kier alpha value is -0.0800. The lowest BCUT2D eigenvalue weighted by atomic mass is 10.1. The molecule has 0 amide bonds. The Balaban J connectivity index is 3.44. The van der Waals surface area contributed by atoms with Crippen molar-refractivity contribution in [2.45, 2.75) is 77.7 Å². The molecule has 0 saturated heterocycles. The second-order valence-corrected chi connectivity index (χ2v) is 5.94. The summed E-state index contributed by atoms with van der Waals surface area (Å²) < 4.78 is 0.620. The van der Waals surface area contributed by atoms with Gasteiger partial charge in [-0.25, -0.2) is 4.84 Å². The third-order valence-corrected chi connectivity index (χ3v) is 3.05. The number of quaternary nitrogens is 1. The van der Waals surface area contributed by atoms with E-state index in [4.69, 9.17) is 4.84 Å². The predicted octanol–water partition coefficient (Wildman–Crippen LogP) is 4.54. The molecule has 1 unspecified atom stereocenters. The Kier molecular flexibility index (Phi) is 9.85. The van der Waals surface area contributed by atoms with E-state index in [0.29, 0.717) is 10.8 Å². The van der Waals surface area contributed by atoms with Crippen molar-refractivity contribution in [3.8, 4) is 0 Å². The van der Waals surface area contributed by atoms with Crippen LogP contribution in [0.4, 0.5) is 0 Å². The van der Waals surface area contributed by atoms with Crippen molar-refractivity contribution in [2.24, 2.45) is 0 Å². The normalized spacial score (nSPS) is 13.9. The standard InChI is InChI=1S/C15H34NO/c1-6-8-9-10-11-12-13-14-15(7-2)17-16(3,4)5/h15H,6-14H2,1-5H3/q+1. The minimum Gasteiger partial charge on any atom is -0.200 e. The van der Waals surface area contributed by atoms with Gasteiger partial charge in [-0.15, -0.1) is 0 Å². The summed E-state index contributed by atoms with van der Waals surface area (Å²) in [6, 6.07) is 0. The van der Waals surface area contributed by atoms with Crippen molar-refractivity contribution >= 4 is 0 Å². The maximum atomic E-state index is 5.97. The van der Waals surface area contributed by atoms with Gasteiger partial charge in [0.2, 0.25) is 0 Å². The Labute approximate surface area is 109 Å². The molecule has 1 atom stereocenters. The van der Waals surface area contributed by atoms with E-state index in [9.17, 15) is 0 Å². The lowest BCUT2D eigenvalue weighted by Gasteiger charge is -2.26. The third-order valence-electron chi connectivity index (χ3n) is 3.05. The number of hydroxylamine groups is 3. The van der Waals surface area contributed by atoms with E-state index in [1.165, 1.54) is 51.4 Å². The van der Waals surface area contributed by atoms with E-state index in [-0.39, 0.29) is 0 Å². The van der Waals surface area contributed by atoms with Gasteiger partial charge in [-0.3, -0.25) is 0 Å². The Morgan fingerprint density at radius 2 is 1.35 bits per heavy atom. The van der Waals surface area contributed by atoms with E-state index >= 15 is 0 Å². The van der Waals surface area contributed by atoms with E-state index in [1.807, 2.05) is 0 Å².